The number of hydrogen-bond donors (Lipinski definition) is 1. The van der Waals surface area contributed by atoms with Gasteiger partial charge in [0.25, 0.3) is 0 Å². The second-order valence-corrected chi connectivity index (χ2v) is 7.66. The van der Waals surface area contributed by atoms with E-state index in [1.807, 2.05) is 6.20 Å². The number of H-pyrrole nitrogens is 1. The summed E-state index contributed by atoms with van der Waals surface area (Å²) in [5.74, 6) is 1.18. The van der Waals surface area contributed by atoms with Gasteiger partial charge in [-0.2, -0.15) is 0 Å². The Labute approximate surface area is 133 Å². The van der Waals surface area contributed by atoms with Crippen molar-refractivity contribution in [2.45, 2.75) is 51.1 Å². The molecule has 0 spiro atoms. The van der Waals surface area contributed by atoms with Crippen molar-refractivity contribution in [2.75, 3.05) is 6.54 Å². The van der Waals surface area contributed by atoms with Gasteiger partial charge < -0.3 is 4.98 Å². The van der Waals surface area contributed by atoms with E-state index in [2.05, 4.69) is 14.9 Å². The van der Waals surface area contributed by atoms with Crippen molar-refractivity contribution in [3.05, 3.63) is 32.8 Å². The van der Waals surface area contributed by atoms with Gasteiger partial charge in [-0.25, -0.2) is 9.97 Å². The predicted octanol–water partition coefficient (Wildman–Crippen LogP) is 3.74. The number of aromatic nitrogens is 3. The fraction of sp³-hybridized carbons (Fsp3) is 0.600. The quantitative estimate of drug-likeness (QED) is 0.936. The highest BCUT2D eigenvalue weighted by atomic mass is 35.5. The molecule has 2 aromatic heterocycles. The SMILES string of the molecule is Clc1ncc(CN2CCC[C@H]2c2nc3c([nH]2)CCCC3)s1. The van der Waals surface area contributed by atoms with Gasteiger partial charge in [-0.1, -0.05) is 11.6 Å². The van der Waals surface area contributed by atoms with Crippen LogP contribution in [0.1, 0.15) is 53.8 Å². The molecule has 2 aliphatic rings. The average Bonchev–Trinajstić information content (AvgIpc) is 3.18. The van der Waals surface area contributed by atoms with Gasteiger partial charge in [-0.15, -0.1) is 11.3 Å². The first kappa shape index (κ1) is 13.7. The monoisotopic (exact) mass is 322 g/mol. The van der Waals surface area contributed by atoms with Crippen LogP contribution in [-0.2, 0) is 19.4 Å². The van der Waals surface area contributed by atoms with E-state index in [1.165, 1.54) is 54.2 Å². The number of thiazole rings is 1. The number of hydrogen-bond acceptors (Lipinski definition) is 4. The highest BCUT2D eigenvalue weighted by Gasteiger charge is 2.30. The van der Waals surface area contributed by atoms with E-state index in [9.17, 15) is 0 Å². The average molecular weight is 323 g/mol. The predicted molar refractivity (Wildman–Crippen MR) is 84.7 cm³/mol. The van der Waals surface area contributed by atoms with Crippen molar-refractivity contribution in [3.63, 3.8) is 0 Å². The van der Waals surface area contributed by atoms with E-state index in [4.69, 9.17) is 16.6 Å². The summed E-state index contributed by atoms with van der Waals surface area (Å²) in [6, 6.07) is 0.427. The van der Waals surface area contributed by atoms with Crippen LogP contribution in [0.25, 0.3) is 0 Å². The molecule has 1 aliphatic carbocycles. The van der Waals surface area contributed by atoms with Gasteiger partial charge in [-0.3, -0.25) is 4.90 Å². The summed E-state index contributed by atoms with van der Waals surface area (Å²) in [6.07, 6.45) is 9.22. The summed E-state index contributed by atoms with van der Waals surface area (Å²) in [5.41, 5.74) is 2.69. The molecule has 0 saturated carbocycles. The third-order valence-corrected chi connectivity index (χ3v) is 5.64. The zero-order chi connectivity index (χ0) is 14.2. The lowest BCUT2D eigenvalue weighted by Gasteiger charge is -2.21. The van der Waals surface area contributed by atoms with E-state index in [1.54, 1.807) is 11.3 Å². The maximum Gasteiger partial charge on any atom is 0.183 e. The second-order valence-electron chi connectivity index (χ2n) is 5.96. The van der Waals surface area contributed by atoms with Crippen molar-refractivity contribution in [3.8, 4) is 0 Å². The normalized spacial score (nSPS) is 22.6. The molecular weight excluding hydrogens is 304 g/mol. The first-order valence-electron chi connectivity index (χ1n) is 7.71. The maximum absolute atomic E-state index is 5.94. The summed E-state index contributed by atoms with van der Waals surface area (Å²) in [5, 5.41) is 0. The molecule has 0 aromatic carbocycles. The maximum atomic E-state index is 5.94. The molecule has 2 aromatic rings. The Hall–Kier alpha value is -0.910. The third-order valence-electron chi connectivity index (χ3n) is 4.54. The Morgan fingerprint density at radius 2 is 2.24 bits per heavy atom. The van der Waals surface area contributed by atoms with Crippen LogP contribution in [0.2, 0.25) is 4.47 Å². The molecule has 1 aliphatic heterocycles. The van der Waals surface area contributed by atoms with Crippen molar-refractivity contribution >= 4 is 22.9 Å². The van der Waals surface area contributed by atoms with Gasteiger partial charge in [0.15, 0.2) is 4.47 Å². The fourth-order valence-corrected chi connectivity index (χ4v) is 4.52. The fourth-order valence-electron chi connectivity index (χ4n) is 3.52. The van der Waals surface area contributed by atoms with Crippen LogP contribution in [0.15, 0.2) is 6.20 Å². The highest BCUT2D eigenvalue weighted by molar-refractivity contribution is 7.15. The molecule has 0 unspecified atom stereocenters. The van der Waals surface area contributed by atoms with Crippen LogP contribution >= 0.6 is 22.9 Å². The summed E-state index contributed by atoms with van der Waals surface area (Å²) in [7, 11) is 0. The molecule has 21 heavy (non-hydrogen) atoms. The van der Waals surface area contributed by atoms with Crippen LogP contribution in [0.3, 0.4) is 0 Å². The minimum absolute atomic E-state index is 0.427. The topological polar surface area (TPSA) is 44.8 Å². The molecule has 4 rings (SSSR count). The molecule has 0 radical (unpaired) electrons. The first-order valence-corrected chi connectivity index (χ1v) is 8.91. The van der Waals surface area contributed by atoms with Crippen LogP contribution in [-0.4, -0.2) is 26.4 Å². The lowest BCUT2D eigenvalue weighted by molar-refractivity contribution is 0.242. The molecule has 0 bridgehead atoms. The van der Waals surface area contributed by atoms with E-state index < -0.39 is 0 Å². The first-order chi connectivity index (χ1) is 10.3. The van der Waals surface area contributed by atoms with E-state index >= 15 is 0 Å². The van der Waals surface area contributed by atoms with Gasteiger partial charge in [0.05, 0.1) is 11.7 Å². The number of imidazole rings is 1. The number of aromatic amines is 1. The van der Waals surface area contributed by atoms with Crippen LogP contribution < -0.4 is 0 Å². The molecule has 6 heteroatoms. The lowest BCUT2D eigenvalue weighted by Crippen LogP contribution is -2.23. The zero-order valence-electron chi connectivity index (χ0n) is 11.9. The molecule has 1 atom stereocenters. The number of likely N-dealkylation sites (tertiary alicyclic amines) is 1. The number of halogens is 1. The van der Waals surface area contributed by atoms with Crippen LogP contribution in [0.5, 0.6) is 0 Å². The van der Waals surface area contributed by atoms with Gasteiger partial charge in [0.2, 0.25) is 0 Å². The molecule has 1 N–H and O–H groups in total. The van der Waals surface area contributed by atoms with Gasteiger partial charge in [0, 0.05) is 23.3 Å². The number of nitrogens with one attached hydrogen (secondary N) is 1. The molecule has 4 nitrogen and oxygen atoms in total. The Morgan fingerprint density at radius 1 is 1.33 bits per heavy atom. The largest absolute Gasteiger partial charge is 0.344 e. The molecule has 0 amide bonds. The number of rotatable bonds is 3. The smallest absolute Gasteiger partial charge is 0.183 e. The Morgan fingerprint density at radius 3 is 3.05 bits per heavy atom. The molecule has 3 heterocycles. The van der Waals surface area contributed by atoms with E-state index in [0.717, 1.165) is 19.5 Å². The second kappa shape index (κ2) is 5.71. The lowest BCUT2D eigenvalue weighted by atomic mass is 10.0. The zero-order valence-corrected chi connectivity index (χ0v) is 13.5. The van der Waals surface area contributed by atoms with Crippen molar-refractivity contribution < 1.29 is 0 Å². The minimum Gasteiger partial charge on any atom is -0.344 e. The Balaban J connectivity index is 1.54. The molecular formula is C15H19ClN4S. The van der Waals surface area contributed by atoms with Crippen molar-refractivity contribution in [2.24, 2.45) is 0 Å². The van der Waals surface area contributed by atoms with Crippen molar-refractivity contribution in [1.82, 2.24) is 19.9 Å². The van der Waals surface area contributed by atoms with Crippen LogP contribution in [0.4, 0.5) is 0 Å². The molecule has 112 valence electrons. The van der Waals surface area contributed by atoms with Gasteiger partial charge in [0.1, 0.15) is 5.82 Å². The molecule has 1 fully saturated rings. The number of fused-ring (bicyclic) bond motifs is 1. The summed E-state index contributed by atoms with van der Waals surface area (Å²) in [6.45, 7) is 2.06. The minimum atomic E-state index is 0.427. The van der Waals surface area contributed by atoms with E-state index in [-0.39, 0.29) is 0 Å². The Kier molecular flexibility index (Phi) is 3.73. The highest BCUT2D eigenvalue weighted by Crippen LogP contribution is 2.34. The molecule has 1 saturated heterocycles. The third kappa shape index (κ3) is 2.74. The van der Waals surface area contributed by atoms with Gasteiger partial charge in [-0.05, 0) is 45.1 Å². The number of aryl methyl sites for hydroxylation is 2. The van der Waals surface area contributed by atoms with E-state index in [0.29, 0.717) is 10.5 Å². The van der Waals surface area contributed by atoms with Crippen molar-refractivity contribution in [1.29, 1.82) is 0 Å². The number of nitrogens with zero attached hydrogens (tertiary/aromatic N) is 3. The summed E-state index contributed by atoms with van der Waals surface area (Å²) in [4.78, 5) is 16.4. The summed E-state index contributed by atoms with van der Waals surface area (Å²) < 4.78 is 0.634. The summed E-state index contributed by atoms with van der Waals surface area (Å²) >= 11 is 7.52. The Bertz CT molecular complexity index is 612. The standard InChI is InChI=1S/C15H19ClN4S/c16-15-17-8-10(21-15)9-20-7-3-6-13(20)14-18-11-4-1-2-5-12(11)19-14/h8,13H,1-7,9H2,(H,18,19)/t13-/m0/s1. The van der Waals surface area contributed by atoms with Crippen LogP contribution in [0, 0.1) is 0 Å². The van der Waals surface area contributed by atoms with Gasteiger partial charge >= 0.3 is 0 Å².